The van der Waals surface area contributed by atoms with Gasteiger partial charge in [0.1, 0.15) is 5.82 Å². The van der Waals surface area contributed by atoms with Crippen LogP contribution in [0.2, 0.25) is 0 Å². The van der Waals surface area contributed by atoms with Gasteiger partial charge >= 0.3 is 5.69 Å². The maximum Gasteiger partial charge on any atom is 0.346 e. The summed E-state index contributed by atoms with van der Waals surface area (Å²) >= 11 is 0. The summed E-state index contributed by atoms with van der Waals surface area (Å²) in [6.45, 7) is 7.51. The molecule has 8 heteroatoms. The Balaban J connectivity index is 1.58. The van der Waals surface area contributed by atoms with E-state index in [-0.39, 0.29) is 5.69 Å². The van der Waals surface area contributed by atoms with Crippen molar-refractivity contribution < 1.29 is 0 Å². The summed E-state index contributed by atoms with van der Waals surface area (Å²) in [4.78, 5) is 12.8. The van der Waals surface area contributed by atoms with Crippen LogP contribution in [-0.2, 0) is 19.5 Å². The molecule has 0 saturated carbocycles. The highest BCUT2D eigenvalue weighted by atomic mass is 16.2. The van der Waals surface area contributed by atoms with Crippen LogP contribution < -0.4 is 5.69 Å². The molecule has 4 aromatic rings. The molecule has 2 aromatic carbocycles. The third kappa shape index (κ3) is 4.63. The average Bonchev–Trinajstić information content (AvgIpc) is 3.40. The van der Waals surface area contributed by atoms with E-state index in [2.05, 4.69) is 76.8 Å². The smallest absolute Gasteiger partial charge is 0.274 e. The lowest BCUT2D eigenvalue weighted by atomic mass is 10.0. The van der Waals surface area contributed by atoms with Crippen molar-refractivity contribution >= 4 is 0 Å². The number of tetrazole rings is 1. The van der Waals surface area contributed by atoms with Crippen LogP contribution in [0.5, 0.6) is 0 Å². The molecule has 0 fully saturated rings. The Morgan fingerprint density at radius 3 is 2.48 bits per heavy atom. The van der Waals surface area contributed by atoms with Gasteiger partial charge in [-0.3, -0.25) is 4.57 Å². The highest BCUT2D eigenvalue weighted by Crippen LogP contribution is 2.24. The number of rotatable bonds is 8. The second kappa shape index (κ2) is 9.07. The van der Waals surface area contributed by atoms with Crippen LogP contribution in [0.25, 0.3) is 22.5 Å². The number of nitrogens with one attached hydrogen (secondary N) is 1. The van der Waals surface area contributed by atoms with E-state index >= 15 is 0 Å². The van der Waals surface area contributed by atoms with Crippen molar-refractivity contribution in [2.24, 2.45) is 5.92 Å². The minimum absolute atomic E-state index is 0.0330. The zero-order valence-corrected chi connectivity index (χ0v) is 18.1. The number of hydrogen-bond acceptors (Lipinski definition) is 5. The van der Waals surface area contributed by atoms with Crippen molar-refractivity contribution in [2.45, 2.75) is 46.7 Å². The number of aryl methyl sites for hydroxylation is 1. The van der Waals surface area contributed by atoms with Gasteiger partial charge in [0.25, 0.3) is 0 Å². The topological polar surface area (TPSA) is 94.3 Å². The molecular formula is C23H27N7O. The van der Waals surface area contributed by atoms with Crippen LogP contribution in [0.4, 0.5) is 0 Å². The third-order valence-electron chi connectivity index (χ3n) is 5.12. The SMILES string of the molecule is CCCn1nc(CC(C)C)n(Cc2ccc(-c3cccc(-c4nn[nH]n4)c3)cc2)c1=O. The first-order valence-electron chi connectivity index (χ1n) is 10.6. The van der Waals surface area contributed by atoms with Crippen LogP contribution in [0.3, 0.4) is 0 Å². The number of nitrogens with zero attached hydrogens (tertiary/aromatic N) is 6. The first kappa shape index (κ1) is 20.7. The van der Waals surface area contributed by atoms with Gasteiger partial charge in [-0.15, -0.1) is 10.2 Å². The predicted octanol–water partition coefficient (Wildman–Crippen LogP) is 3.55. The first-order valence-corrected chi connectivity index (χ1v) is 10.6. The Morgan fingerprint density at radius 2 is 1.81 bits per heavy atom. The molecule has 160 valence electrons. The lowest BCUT2D eigenvalue weighted by Gasteiger charge is -2.09. The molecule has 8 nitrogen and oxygen atoms in total. The first-order chi connectivity index (χ1) is 15.0. The van der Waals surface area contributed by atoms with E-state index < -0.39 is 0 Å². The molecule has 0 bridgehead atoms. The summed E-state index contributed by atoms with van der Waals surface area (Å²) in [5.41, 5.74) is 4.10. The van der Waals surface area contributed by atoms with Crippen LogP contribution in [0.1, 0.15) is 38.6 Å². The molecule has 4 rings (SSSR count). The van der Waals surface area contributed by atoms with Gasteiger partial charge in [-0.05, 0) is 40.3 Å². The van der Waals surface area contributed by atoms with Crippen molar-refractivity contribution in [1.29, 1.82) is 0 Å². The fraction of sp³-hybridized carbons (Fsp3) is 0.348. The van der Waals surface area contributed by atoms with Gasteiger partial charge < -0.3 is 0 Å². The third-order valence-corrected chi connectivity index (χ3v) is 5.12. The lowest BCUT2D eigenvalue weighted by molar-refractivity contribution is 0.562. The molecule has 0 spiro atoms. The molecule has 0 aliphatic heterocycles. The standard InChI is InChI=1S/C23H27N7O/c1-4-12-30-23(31)29(21(26-30)13-16(2)3)15-17-8-10-18(11-9-17)19-6-5-7-20(14-19)22-24-27-28-25-22/h5-11,14,16H,4,12-13,15H2,1-3H3,(H,24,25,27,28). The van der Waals surface area contributed by atoms with Gasteiger partial charge in [-0.1, -0.05) is 63.2 Å². The second-order valence-corrected chi connectivity index (χ2v) is 8.12. The number of aromatic amines is 1. The van der Waals surface area contributed by atoms with E-state index in [9.17, 15) is 4.79 Å². The van der Waals surface area contributed by atoms with Gasteiger partial charge in [-0.2, -0.15) is 10.3 Å². The monoisotopic (exact) mass is 417 g/mol. The van der Waals surface area contributed by atoms with Gasteiger partial charge in [0.05, 0.1) is 6.54 Å². The van der Waals surface area contributed by atoms with Crippen LogP contribution in [0.15, 0.2) is 53.3 Å². The molecule has 0 radical (unpaired) electrons. The Kier molecular flexibility index (Phi) is 6.06. The minimum atomic E-state index is -0.0330. The molecule has 0 aliphatic rings. The number of H-pyrrole nitrogens is 1. The highest BCUT2D eigenvalue weighted by molar-refractivity contribution is 5.70. The van der Waals surface area contributed by atoms with E-state index in [4.69, 9.17) is 0 Å². The maximum atomic E-state index is 12.8. The van der Waals surface area contributed by atoms with Crippen LogP contribution >= 0.6 is 0 Å². The van der Waals surface area contributed by atoms with Crippen molar-refractivity contribution in [3.63, 3.8) is 0 Å². The molecule has 0 saturated heterocycles. The van der Waals surface area contributed by atoms with E-state index in [0.717, 1.165) is 40.9 Å². The summed E-state index contributed by atoms with van der Waals surface area (Å²) in [6, 6.07) is 16.3. The summed E-state index contributed by atoms with van der Waals surface area (Å²) < 4.78 is 3.40. The second-order valence-electron chi connectivity index (χ2n) is 8.12. The van der Waals surface area contributed by atoms with E-state index in [1.165, 1.54) is 0 Å². The molecule has 0 amide bonds. The van der Waals surface area contributed by atoms with Gasteiger partial charge in [0, 0.05) is 18.5 Å². The quantitative estimate of drug-likeness (QED) is 0.473. The maximum absolute atomic E-state index is 12.8. The van der Waals surface area contributed by atoms with E-state index in [1.807, 2.05) is 22.8 Å². The lowest BCUT2D eigenvalue weighted by Crippen LogP contribution is -2.26. The molecule has 2 heterocycles. The average molecular weight is 418 g/mol. The normalized spacial score (nSPS) is 11.4. The van der Waals surface area contributed by atoms with Gasteiger partial charge in [0.2, 0.25) is 5.82 Å². The van der Waals surface area contributed by atoms with Crippen LogP contribution in [-0.4, -0.2) is 35.0 Å². The Bertz CT molecular complexity index is 1190. The zero-order valence-electron chi connectivity index (χ0n) is 18.1. The summed E-state index contributed by atoms with van der Waals surface area (Å²) in [5, 5.41) is 18.8. The number of aromatic nitrogens is 7. The Hall–Kier alpha value is -3.55. The van der Waals surface area contributed by atoms with Crippen molar-refractivity contribution in [3.8, 4) is 22.5 Å². The predicted molar refractivity (Wildman–Crippen MR) is 119 cm³/mol. The van der Waals surface area contributed by atoms with Crippen molar-refractivity contribution in [1.82, 2.24) is 35.0 Å². The van der Waals surface area contributed by atoms with Gasteiger partial charge in [0.15, 0.2) is 0 Å². The number of hydrogen-bond donors (Lipinski definition) is 1. The van der Waals surface area contributed by atoms with E-state index in [0.29, 0.717) is 24.8 Å². The molecule has 0 atom stereocenters. The fourth-order valence-electron chi connectivity index (χ4n) is 3.63. The summed E-state index contributed by atoms with van der Waals surface area (Å²) in [5.74, 6) is 1.86. The van der Waals surface area contributed by atoms with E-state index in [1.54, 1.807) is 4.68 Å². The van der Waals surface area contributed by atoms with Gasteiger partial charge in [-0.25, -0.2) is 9.48 Å². The fourth-order valence-corrected chi connectivity index (χ4v) is 3.63. The molecular weight excluding hydrogens is 390 g/mol. The number of benzene rings is 2. The summed E-state index contributed by atoms with van der Waals surface area (Å²) in [6.07, 6.45) is 1.67. The Morgan fingerprint density at radius 1 is 1.03 bits per heavy atom. The summed E-state index contributed by atoms with van der Waals surface area (Å²) in [7, 11) is 0. The molecule has 2 aromatic heterocycles. The van der Waals surface area contributed by atoms with Crippen molar-refractivity contribution in [3.05, 3.63) is 70.4 Å². The molecule has 31 heavy (non-hydrogen) atoms. The van der Waals surface area contributed by atoms with Crippen LogP contribution in [0, 0.1) is 5.92 Å². The zero-order chi connectivity index (χ0) is 21.8. The largest absolute Gasteiger partial charge is 0.346 e. The minimum Gasteiger partial charge on any atom is -0.274 e. The van der Waals surface area contributed by atoms with Crippen molar-refractivity contribution in [2.75, 3.05) is 0 Å². The Labute approximate surface area is 180 Å². The highest BCUT2D eigenvalue weighted by Gasteiger charge is 2.14. The molecule has 0 aliphatic carbocycles. The molecule has 1 N–H and O–H groups in total. The molecule has 0 unspecified atom stereocenters.